The molecule has 0 bridgehead atoms. The Kier molecular flexibility index (Phi) is 4.92. The van der Waals surface area contributed by atoms with Gasteiger partial charge in [0.25, 0.3) is 0 Å². The highest BCUT2D eigenvalue weighted by molar-refractivity contribution is 5.79. The molecule has 0 radical (unpaired) electrons. The first-order valence-corrected chi connectivity index (χ1v) is 9.46. The second kappa shape index (κ2) is 7.50. The topological polar surface area (TPSA) is 76.8 Å². The van der Waals surface area contributed by atoms with Crippen LogP contribution in [0.25, 0.3) is 0 Å². The van der Waals surface area contributed by atoms with Crippen molar-refractivity contribution in [1.29, 1.82) is 0 Å². The average Bonchev–Trinajstić information content (AvgIpc) is 3.00. The molecule has 144 valence electrons. The number of hydrogen-bond donors (Lipinski definition) is 1. The van der Waals surface area contributed by atoms with Gasteiger partial charge in [-0.2, -0.15) is 0 Å². The van der Waals surface area contributed by atoms with Gasteiger partial charge in [0.2, 0.25) is 5.91 Å². The van der Waals surface area contributed by atoms with Crippen LogP contribution in [0.1, 0.15) is 29.9 Å². The number of fused-ring (bicyclic) bond motifs is 1. The maximum absolute atomic E-state index is 12.8. The lowest BCUT2D eigenvalue weighted by Crippen LogP contribution is -2.45. The predicted octanol–water partition coefficient (Wildman–Crippen LogP) is 2.71. The normalized spacial score (nSPS) is 19.0. The fraction of sp³-hybridized carbons (Fsp3) is 0.500. The molecule has 0 saturated carbocycles. The van der Waals surface area contributed by atoms with Gasteiger partial charge in [-0.3, -0.25) is 4.79 Å². The molecule has 1 atom stereocenters. The third-order valence-corrected chi connectivity index (χ3v) is 5.20. The summed E-state index contributed by atoms with van der Waals surface area (Å²) in [7, 11) is 0. The minimum atomic E-state index is 0.123. The van der Waals surface area contributed by atoms with E-state index in [9.17, 15) is 4.79 Å². The number of likely N-dealkylation sites (tertiary alicyclic amines) is 1. The van der Waals surface area contributed by atoms with E-state index in [-0.39, 0.29) is 11.9 Å². The Hall–Kier alpha value is -2.70. The van der Waals surface area contributed by atoms with E-state index in [4.69, 9.17) is 14.0 Å². The lowest BCUT2D eigenvalue weighted by molar-refractivity contribution is -0.131. The van der Waals surface area contributed by atoms with Crippen LogP contribution < -0.4 is 14.8 Å². The Labute approximate surface area is 158 Å². The quantitative estimate of drug-likeness (QED) is 0.891. The molecule has 2 aliphatic rings. The van der Waals surface area contributed by atoms with Crippen molar-refractivity contribution in [3.05, 3.63) is 35.2 Å². The van der Waals surface area contributed by atoms with Crippen molar-refractivity contribution in [1.82, 2.24) is 10.1 Å². The van der Waals surface area contributed by atoms with E-state index in [2.05, 4.69) is 10.5 Å². The molecule has 7 nitrogen and oxygen atoms in total. The molecule has 0 aliphatic carbocycles. The molecule has 2 aliphatic heterocycles. The van der Waals surface area contributed by atoms with Crippen LogP contribution in [0.4, 0.5) is 5.69 Å². The average molecular weight is 371 g/mol. The summed E-state index contributed by atoms with van der Waals surface area (Å²) < 4.78 is 16.4. The van der Waals surface area contributed by atoms with E-state index in [0.29, 0.717) is 26.2 Å². The summed E-state index contributed by atoms with van der Waals surface area (Å²) in [5, 5.41) is 7.48. The number of amides is 1. The standard InChI is InChI=1S/C20H25N3O4/c1-13-17(14(2)27-22-13)11-20(24)23-7-3-4-16(12-23)21-15-5-6-18-19(10-15)26-9-8-25-18/h5-6,10,16,21H,3-4,7-9,11-12H2,1-2H3. The van der Waals surface area contributed by atoms with Gasteiger partial charge in [0.05, 0.1) is 12.1 Å². The van der Waals surface area contributed by atoms with Gasteiger partial charge in [0.1, 0.15) is 19.0 Å². The van der Waals surface area contributed by atoms with Crippen molar-refractivity contribution in [2.24, 2.45) is 0 Å². The zero-order valence-electron chi connectivity index (χ0n) is 15.8. The van der Waals surface area contributed by atoms with Crippen molar-refractivity contribution in [2.75, 3.05) is 31.6 Å². The highest BCUT2D eigenvalue weighted by Crippen LogP contribution is 2.33. The summed E-state index contributed by atoms with van der Waals surface area (Å²) in [5.74, 6) is 2.40. The van der Waals surface area contributed by atoms with Gasteiger partial charge in [-0.15, -0.1) is 0 Å². The van der Waals surface area contributed by atoms with Gasteiger partial charge >= 0.3 is 0 Å². The van der Waals surface area contributed by atoms with Crippen LogP contribution >= 0.6 is 0 Å². The summed E-state index contributed by atoms with van der Waals surface area (Å²) >= 11 is 0. The second-order valence-electron chi connectivity index (χ2n) is 7.16. The van der Waals surface area contributed by atoms with Crippen molar-refractivity contribution in [2.45, 2.75) is 39.2 Å². The van der Waals surface area contributed by atoms with Crippen molar-refractivity contribution in [3.8, 4) is 11.5 Å². The lowest BCUT2D eigenvalue weighted by atomic mass is 10.0. The minimum Gasteiger partial charge on any atom is -0.486 e. The molecule has 2 aromatic rings. The Morgan fingerprint density at radius 1 is 1.26 bits per heavy atom. The molecule has 4 rings (SSSR count). The number of aromatic nitrogens is 1. The molecule has 3 heterocycles. The Morgan fingerprint density at radius 3 is 2.85 bits per heavy atom. The van der Waals surface area contributed by atoms with E-state index in [1.54, 1.807) is 0 Å². The number of rotatable bonds is 4. The van der Waals surface area contributed by atoms with Crippen LogP contribution in [0.5, 0.6) is 11.5 Å². The molecule has 1 aromatic carbocycles. The number of ether oxygens (including phenoxy) is 2. The zero-order valence-corrected chi connectivity index (χ0v) is 15.8. The van der Waals surface area contributed by atoms with E-state index in [0.717, 1.165) is 53.6 Å². The molecule has 1 N–H and O–H groups in total. The molecule has 1 saturated heterocycles. The molecule has 7 heteroatoms. The maximum Gasteiger partial charge on any atom is 0.227 e. The highest BCUT2D eigenvalue weighted by Gasteiger charge is 2.25. The van der Waals surface area contributed by atoms with Gasteiger partial charge in [-0.05, 0) is 38.8 Å². The third kappa shape index (κ3) is 3.86. The van der Waals surface area contributed by atoms with Crippen LogP contribution in [-0.4, -0.2) is 48.3 Å². The van der Waals surface area contributed by atoms with Gasteiger partial charge in [0.15, 0.2) is 11.5 Å². The zero-order chi connectivity index (χ0) is 18.8. The lowest BCUT2D eigenvalue weighted by Gasteiger charge is -2.34. The van der Waals surface area contributed by atoms with Gasteiger partial charge < -0.3 is 24.2 Å². The molecule has 1 unspecified atom stereocenters. The number of hydrogen-bond acceptors (Lipinski definition) is 6. The monoisotopic (exact) mass is 371 g/mol. The number of anilines is 1. The van der Waals surface area contributed by atoms with Crippen molar-refractivity contribution in [3.63, 3.8) is 0 Å². The fourth-order valence-corrected chi connectivity index (χ4v) is 3.71. The molecular weight excluding hydrogens is 346 g/mol. The minimum absolute atomic E-state index is 0.123. The summed E-state index contributed by atoms with van der Waals surface area (Å²) in [4.78, 5) is 14.7. The first kappa shape index (κ1) is 17.7. The van der Waals surface area contributed by atoms with E-state index in [1.807, 2.05) is 36.9 Å². The molecular formula is C20H25N3O4. The SMILES string of the molecule is Cc1noc(C)c1CC(=O)N1CCCC(Nc2ccc3c(c2)OCCO3)C1. The number of nitrogens with zero attached hydrogens (tertiary/aromatic N) is 2. The number of benzene rings is 1. The first-order chi connectivity index (χ1) is 13.1. The predicted molar refractivity (Wildman–Crippen MR) is 100 cm³/mol. The number of carbonyl (C=O) groups excluding carboxylic acids is 1. The first-order valence-electron chi connectivity index (χ1n) is 9.46. The highest BCUT2D eigenvalue weighted by atomic mass is 16.6. The summed E-state index contributed by atoms with van der Waals surface area (Å²) in [6.45, 7) is 6.37. The molecule has 1 aromatic heterocycles. The van der Waals surface area contributed by atoms with Crippen LogP contribution in [0.15, 0.2) is 22.7 Å². The van der Waals surface area contributed by atoms with Crippen molar-refractivity contribution < 1.29 is 18.8 Å². The Morgan fingerprint density at radius 2 is 2.07 bits per heavy atom. The number of nitrogens with one attached hydrogen (secondary N) is 1. The number of carbonyl (C=O) groups is 1. The van der Waals surface area contributed by atoms with Crippen LogP contribution in [-0.2, 0) is 11.2 Å². The molecule has 27 heavy (non-hydrogen) atoms. The molecule has 1 fully saturated rings. The van der Waals surface area contributed by atoms with Crippen molar-refractivity contribution >= 4 is 11.6 Å². The van der Waals surface area contributed by atoms with Crippen LogP contribution in [0, 0.1) is 13.8 Å². The largest absolute Gasteiger partial charge is 0.486 e. The fourth-order valence-electron chi connectivity index (χ4n) is 3.71. The Bertz CT molecular complexity index is 813. The molecule has 1 amide bonds. The van der Waals surface area contributed by atoms with Gasteiger partial charge in [-0.25, -0.2) is 0 Å². The van der Waals surface area contributed by atoms with Gasteiger partial charge in [-0.1, -0.05) is 5.16 Å². The summed E-state index contributed by atoms with van der Waals surface area (Å²) in [6, 6.07) is 6.12. The van der Waals surface area contributed by atoms with Crippen LogP contribution in [0.3, 0.4) is 0 Å². The summed E-state index contributed by atoms with van der Waals surface area (Å²) in [6.07, 6.45) is 2.36. The maximum atomic E-state index is 12.8. The number of aryl methyl sites for hydroxylation is 2. The smallest absolute Gasteiger partial charge is 0.227 e. The van der Waals surface area contributed by atoms with Gasteiger partial charge in [0, 0.05) is 36.4 Å². The second-order valence-corrected chi connectivity index (χ2v) is 7.16. The summed E-state index contributed by atoms with van der Waals surface area (Å²) in [5.41, 5.74) is 2.69. The Balaban J connectivity index is 1.38. The van der Waals surface area contributed by atoms with E-state index >= 15 is 0 Å². The van der Waals surface area contributed by atoms with E-state index < -0.39 is 0 Å². The van der Waals surface area contributed by atoms with Crippen LogP contribution in [0.2, 0.25) is 0 Å². The molecule has 0 spiro atoms. The van der Waals surface area contributed by atoms with E-state index in [1.165, 1.54) is 0 Å². The number of piperidine rings is 1. The third-order valence-electron chi connectivity index (χ3n) is 5.20.